The Morgan fingerprint density at radius 2 is 2.06 bits per heavy atom. The number of benzene rings is 1. The molecule has 33 heavy (non-hydrogen) atoms. The number of amides is 1. The first-order valence-corrected chi connectivity index (χ1v) is 11.5. The molecule has 4 heterocycles. The van der Waals surface area contributed by atoms with Crippen molar-refractivity contribution in [1.82, 2.24) is 14.3 Å². The van der Waals surface area contributed by atoms with E-state index in [0.29, 0.717) is 33.8 Å². The van der Waals surface area contributed by atoms with Gasteiger partial charge in [-0.3, -0.25) is 18.9 Å². The van der Waals surface area contributed by atoms with Gasteiger partial charge in [0.1, 0.15) is 27.1 Å². The van der Waals surface area contributed by atoms with Crippen molar-refractivity contribution in [3.8, 4) is 11.6 Å². The largest absolute Gasteiger partial charge is 0.438 e. The molecule has 7 nitrogen and oxygen atoms in total. The van der Waals surface area contributed by atoms with Gasteiger partial charge in [-0.2, -0.15) is 4.98 Å². The van der Waals surface area contributed by atoms with Crippen LogP contribution in [0.2, 0.25) is 0 Å². The summed E-state index contributed by atoms with van der Waals surface area (Å²) in [6.45, 7) is 1.06. The molecule has 0 bridgehead atoms. The first-order valence-electron chi connectivity index (χ1n) is 10.3. The summed E-state index contributed by atoms with van der Waals surface area (Å²) in [7, 11) is 0. The summed E-state index contributed by atoms with van der Waals surface area (Å²) in [6, 6.07) is 10.5. The molecule has 1 amide bonds. The van der Waals surface area contributed by atoms with Crippen LogP contribution in [0.25, 0.3) is 11.7 Å². The number of carbonyl (C=O) groups excluding carboxylic acids is 1. The zero-order chi connectivity index (χ0) is 22.9. The van der Waals surface area contributed by atoms with Crippen LogP contribution in [0.3, 0.4) is 0 Å². The number of fused-ring (bicyclic) bond motifs is 1. The van der Waals surface area contributed by atoms with Gasteiger partial charge in [-0.15, -0.1) is 0 Å². The van der Waals surface area contributed by atoms with Gasteiger partial charge >= 0.3 is 0 Å². The molecule has 2 aliphatic rings. The molecule has 2 saturated heterocycles. The molecular weight excluding hydrogens is 465 g/mol. The maximum Gasteiger partial charge on any atom is 0.269 e. The topological polar surface area (TPSA) is 73.1 Å². The Morgan fingerprint density at radius 1 is 1.24 bits per heavy atom. The van der Waals surface area contributed by atoms with E-state index in [1.165, 1.54) is 39.6 Å². The fourth-order valence-electron chi connectivity index (χ4n) is 3.68. The average molecular weight is 484 g/mol. The summed E-state index contributed by atoms with van der Waals surface area (Å²) in [5.41, 5.74) is 0.0745. The number of ether oxygens (including phenoxy) is 2. The number of rotatable bonds is 5. The molecular formula is C23H18FN3O4S2. The number of hydrogen-bond acceptors (Lipinski definition) is 7. The molecule has 0 saturated carbocycles. The van der Waals surface area contributed by atoms with Crippen molar-refractivity contribution in [3.63, 3.8) is 0 Å². The predicted molar refractivity (Wildman–Crippen MR) is 127 cm³/mol. The van der Waals surface area contributed by atoms with E-state index in [1.807, 2.05) is 0 Å². The lowest BCUT2D eigenvalue weighted by molar-refractivity contribution is -0.123. The van der Waals surface area contributed by atoms with Crippen molar-refractivity contribution in [2.24, 2.45) is 0 Å². The van der Waals surface area contributed by atoms with Crippen LogP contribution < -0.4 is 10.3 Å². The Labute approximate surface area is 197 Å². The van der Waals surface area contributed by atoms with Crippen LogP contribution in [0, 0.1) is 5.82 Å². The highest BCUT2D eigenvalue weighted by Gasteiger charge is 2.35. The average Bonchev–Trinajstić information content (AvgIpc) is 3.42. The molecule has 0 spiro atoms. The number of hydrogen-bond donors (Lipinski definition) is 0. The number of nitrogens with zero attached hydrogens (tertiary/aromatic N) is 3. The maximum atomic E-state index is 13.3. The normalized spacial score (nSPS) is 19.7. The molecule has 0 unspecified atom stereocenters. The van der Waals surface area contributed by atoms with Gasteiger partial charge in [0.05, 0.1) is 17.6 Å². The molecule has 2 fully saturated rings. The second kappa shape index (κ2) is 9.05. The van der Waals surface area contributed by atoms with Crippen molar-refractivity contribution in [2.75, 3.05) is 13.2 Å². The number of pyridine rings is 1. The number of aromatic nitrogens is 2. The first-order chi connectivity index (χ1) is 16.0. The van der Waals surface area contributed by atoms with Gasteiger partial charge in [0.2, 0.25) is 5.88 Å². The summed E-state index contributed by atoms with van der Waals surface area (Å²) >= 11 is 6.53. The highest BCUT2D eigenvalue weighted by Crippen LogP contribution is 2.35. The van der Waals surface area contributed by atoms with Crippen molar-refractivity contribution in [2.45, 2.75) is 18.9 Å². The summed E-state index contributed by atoms with van der Waals surface area (Å²) < 4.78 is 26.6. The Bertz CT molecular complexity index is 1330. The quantitative estimate of drug-likeness (QED) is 0.401. The highest BCUT2D eigenvalue weighted by atomic mass is 32.2. The van der Waals surface area contributed by atoms with E-state index in [0.717, 1.165) is 24.6 Å². The summed E-state index contributed by atoms with van der Waals surface area (Å²) in [5.74, 6) is -0.374. The van der Waals surface area contributed by atoms with Crippen LogP contribution in [-0.4, -0.2) is 43.8 Å². The van der Waals surface area contributed by atoms with Crippen molar-refractivity contribution in [1.29, 1.82) is 0 Å². The van der Waals surface area contributed by atoms with Crippen molar-refractivity contribution < 1.29 is 18.7 Å². The van der Waals surface area contributed by atoms with E-state index in [-0.39, 0.29) is 23.5 Å². The Hall–Kier alpha value is -3.08. The van der Waals surface area contributed by atoms with Gasteiger partial charge in [0.25, 0.3) is 11.5 Å². The van der Waals surface area contributed by atoms with Crippen LogP contribution in [0.1, 0.15) is 18.4 Å². The summed E-state index contributed by atoms with van der Waals surface area (Å²) in [5, 5.41) is 0. The standard InChI is InChI=1S/C23H18FN3O4S2/c24-14-6-8-15(9-7-14)31-20-17(21(28)26-10-2-1-5-19(26)25-20)12-18-22(29)27(23(32)33-18)13-16-4-3-11-30-16/h1-2,5-10,12,16H,3-4,11,13H2/b18-12-/t16-/m1/s1. The molecule has 2 aliphatic heterocycles. The highest BCUT2D eigenvalue weighted by molar-refractivity contribution is 8.26. The van der Waals surface area contributed by atoms with Gasteiger partial charge in [-0.1, -0.05) is 30.0 Å². The van der Waals surface area contributed by atoms with Gasteiger partial charge < -0.3 is 9.47 Å². The SMILES string of the molecule is O=C1/C(=C/c2c(Oc3ccc(F)cc3)nc3ccccn3c2=O)SC(=S)N1C[C@H]1CCCO1. The van der Waals surface area contributed by atoms with Crippen molar-refractivity contribution >= 4 is 45.9 Å². The lowest BCUT2D eigenvalue weighted by atomic mass is 10.2. The van der Waals surface area contributed by atoms with Gasteiger partial charge in [-0.05, 0) is 55.3 Å². The van der Waals surface area contributed by atoms with Gasteiger partial charge in [0.15, 0.2) is 0 Å². The molecule has 2 aromatic heterocycles. The molecule has 0 radical (unpaired) electrons. The summed E-state index contributed by atoms with van der Waals surface area (Å²) in [4.78, 5) is 32.6. The minimum absolute atomic E-state index is 0.0159. The monoisotopic (exact) mass is 483 g/mol. The zero-order valence-corrected chi connectivity index (χ0v) is 18.9. The van der Waals surface area contributed by atoms with E-state index in [9.17, 15) is 14.0 Å². The van der Waals surface area contributed by atoms with Crippen LogP contribution in [0.5, 0.6) is 11.6 Å². The fourth-order valence-corrected chi connectivity index (χ4v) is 4.94. The smallest absolute Gasteiger partial charge is 0.269 e. The molecule has 168 valence electrons. The second-order valence-corrected chi connectivity index (χ2v) is 9.22. The number of halogens is 1. The van der Waals surface area contributed by atoms with Crippen LogP contribution >= 0.6 is 24.0 Å². The molecule has 3 aromatic rings. The minimum atomic E-state index is -0.413. The van der Waals surface area contributed by atoms with Crippen LogP contribution in [0.15, 0.2) is 58.4 Å². The number of carbonyl (C=O) groups is 1. The van der Waals surface area contributed by atoms with E-state index in [1.54, 1.807) is 24.4 Å². The maximum absolute atomic E-state index is 13.3. The lowest BCUT2D eigenvalue weighted by Crippen LogP contribution is -2.35. The van der Waals surface area contributed by atoms with E-state index < -0.39 is 11.4 Å². The molecule has 0 aliphatic carbocycles. The van der Waals surface area contributed by atoms with Crippen LogP contribution in [-0.2, 0) is 9.53 Å². The van der Waals surface area contributed by atoms with Gasteiger partial charge in [0, 0.05) is 12.8 Å². The number of thiocarbonyl (C=S) groups is 1. The molecule has 1 aromatic carbocycles. The first kappa shape index (κ1) is 21.7. The van der Waals surface area contributed by atoms with E-state index >= 15 is 0 Å². The third-order valence-electron chi connectivity index (χ3n) is 5.32. The van der Waals surface area contributed by atoms with Crippen LogP contribution in [0.4, 0.5) is 4.39 Å². The predicted octanol–water partition coefficient (Wildman–Crippen LogP) is 4.01. The molecule has 0 N–H and O–H groups in total. The van der Waals surface area contributed by atoms with Crippen molar-refractivity contribution in [3.05, 3.63) is 75.3 Å². The third-order valence-corrected chi connectivity index (χ3v) is 6.70. The van der Waals surface area contributed by atoms with Gasteiger partial charge in [-0.25, -0.2) is 4.39 Å². The summed E-state index contributed by atoms with van der Waals surface area (Å²) in [6.07, 6.45) is 4.84. The lowest BCUT2D eigenvalue weighted by Gasteiger charge is -2.18. The van der Waals surface area contributed by atoms with E-state index in [4.69, 9.17) is 21.7 Å². The third kappa shape index (κ3) is 4.41. The Morgan fingerprint density at radius 3 is 2.82 bits per heavy atom. The molecule has 10 heteroatoms. The Balaban J connectivity index is 1.54. The molecule has 1 atom stereocenters. The fraction of sp³-hybridized carbons (Fsp3) is 0.217. The minimum Gasteiger partial charge on any atom is -0.438 e. The number of thioether (sulfide) groups is 1. The second-order valence-electron chi connectivity index (χ2n) is 7.55. The van der Waals surface area contributed by atoms with E-state index in [2.05, 4.69) is 4.98 Å². The Kier molecular flexibility index (Phi) is 5.96. The molecule has 5 rings (SSSR count). The zero-order valence-electron chi connectivity index (χ0n) is 17.3.